The molecule has 2 bridgehead atoms. The lowest BCUT2D eigenvalue weighted by Gasteiger charge is -2.30. The van der Waals surface area contributed by atoms with E-state index in [1.807, 2.05) is 23.1 Å². The first-order valence-corrected chi connectivity index (χ1v) is 10.5. The number of piperidine rings is 1. The molecule has 3 aliphatic rings. The first kappa shape index (κ1) is 21.1. The minimum Gasteiger partial charge on any atom is -0.353 e. The molecule has 154 valence electrons. The van der Waals surface area contributed by atoms with Crippen LogP contribution in [0.15, 0.2) is 24.3 Å². The third kappa shape index (κ3) is 4.20. The van der Waals surface area contributed by atoms with Crippen molar-refractivity contribution in [2.45, 2.75) is 76.4 Å². The number of amides is 2. The molecule has 3 aliphatic heterocycles. The SMILES string of the molecule is CCC(C)c1ccccc1N1CC(C(=O)NC2CC3CCC(C2)N3)CC1=O.Cl. The van der Waals surface area contributed by atoms with Crippen LogP contribution in [-0.2, 0) is 9.59 Å². The van der Waals surface area contributed by atoms with Gasteiger partial charge in [0.25, 0.3) is 0 Å². The summed E-state index contributed by atoms with van der Waals surface area (Å²) in [6, 6.07) is 9.50. The molecular formula is C22H32ClN3O2. The number of nitrogens with one attached hydrogen (secondary N) is 2. The summed E-state index contributed by atoms with van der Waals surface area (Å²) in [5.74, 6) is 0.275. The number of anilines is 1. The van der Waals surface area contributed by atoms with Crippen LogP contribution in [0.1, 0.15) is 63.9 Å². The minimum absolute atomic E-state index is 0. The molecule has 0 aliphatic carbocycles. The molecule has 2 N–H and O–H groups in total. The van der Waals surface area contributed by atoms with Crippen LogP contribution in [0.5, 0.6) is 0 Å². The number of hydrogen-bond donors (Lipinski definition) is 2. The van der Waals surface area contributed by atoms with E-state index in [1.165, 1.54) is 18.4 Å². The summed E-state index contributed by atoms with van der Waals surface area (Å²) >= 11 is 0. The topological polar surface area (TPSA) is 61.4 Å². The zero-order valence-corrected chi connectivity index (χ0v) is 17.6. The summed E-state index contributed by atoms with van der Waals surface area (Å²) in [4.78, 5) is 27.4. The molecule has 28 heavy (non-hydrogen) atoms. The van der Waals surface area contributed by atoms with E-state index in [2.05, 4.69) is 30.5 Å². The van der Waals surface area contributed by atoms with Crippen LogP contribution in [0.3, 0.4) is 0 Å². The van der Waals surface area contributed by atoms with E-state index in [0.717, 1.165) is 24.9 Å². The van der Waals surface area contributed by atoms with Crippen LogP contribution < -0.4 is 15.5 Å². The van der Waals surface area contributed by atoms with Crippen molar-refractivity contribution in [2.75, 3.05) is 11.4 Å². The van der Waals surface area contributed by atoms with Gasteiger partial charge >= 0.3 is 0 Å². The smallest absolute Gasteiger partial charge is 0.227 e. The standard InChI is InChI=1S/C22H31N3O2.ClH/c1-3-14(2)19-6-4-5-7-20(19)25-13-15(10-21(25)26)22(27)24-18-11-16-8-9-17(12-18)23-16;/h4-7,14-18,23H,3,8-13H2,1-2H3,(H,24,27);1H. The number of benzene rings is 1. The molecule has 0 saturated carbocycles. The van der Waals surface area contributed by atoms with Crippen LogP contribution in [-0.4, -0.2) is 36.5 Å². The predicted octanol–water partition coefficient (Wildman–Crippen LogP) is 3.37. The molecule has 1 aromatic carbocycles. The number of nitrogens with zero attached hydrogens (tertiary/aromatic N) is 1. The molecule has 4 unspecified atom stereocenters. The van der Waals surface area contributed by atoms with Crippen molar-refractivity contribution in [3.63, 3.8) is 0 Å². The lowest BCUT2D eigenvalue weighted by atomic mass is 9.96. The van der Waals surface area contributed by atoms with Crippen LogP contribution in [0, 0.1) is 5.92 Å². The Bertz CT molecular complexity index is 713. The number of para-hydroxylation sites is 1. The number of carbonyl (C=O) groups is 2. The molecule has 0 aromatic heterocycles. The van der Waals surface area contributed by atoms with Gasteiger partial charge in [-0.3, -0.25) is 9.59 Å². The molecular weight excluding hydrogens is 374 g/mol. The van der Waals surface area contributed by atoms with Gasteiger partial charge in [0, 0.05) is 36.8 Å². The fourth-order valence-electron chi connectivity index (χ4n) is 4.98. The van der Waals surface area contributed by atoms with Crippen molar-refractivity contribution in [1.29, 1.82) is 0 Å². The van der Waals surface area contributed by atoms with Gasteiger partial charge < -0.3 is 15.5 Å². The van der Waals surface area contributed by atoms with Crippen molar-refractivity contribution >= 4 is 29.9 Å². The molecule has 3 saturated heterocycles. The summed E-state index contributed by atoms with van der Waals surface area (Å²) in [6.07, 6.45) is 5.82. The lowest BCUT2D eigenvalue weighted by molar-refractivity contribution is -0.127. The van der Waals surface area contributed by atoms with Gasteiger partial charge in [-0.2, -0.15) is 0 Å². The predicted molar refractivity (Wildman–Crippen MR) is 114 cm³/mol. The van der Waals surface area contributed by atoms with Gasteiger partial charge in [0.1, 0.15) is 0 Å². The van der Waals surface area contributed by atoms with Crippen molar-refractivity contribution in [3.05, 3.63) is 29.8 Å². The molecule has 6 heteroatoms. The number of fused-ring (bicyclic) bond motifs is 2. The molecule has 3 heterocycles. The first-order chi connectivity index (χ1) is 13.0. The maximum Gasteiger partial charge on any atom is 0.227 e. The van der Waals surface area contributed by atoms with Gasteiger partial charge in [-0.15, -0.1) is 12.4 Å². The molecule has 2 amide bonds. The number of carbonyl (C=O) groups excluding carboxylic acids is 2. The second kappa shape index (κ2) is 8.83. The van der Waals surface area contributed by atoms with Gasteiger partial charge in [-0.05, 0) is 49.7 Å². The number of rotatable bonds is 5. The maximum absolute atomic E-state index is 12.8. The molecule has 1 aromatic rings. The Morgan fingerprint density at radius 1 is 1.25 bits per heavy atom. The van der Waals surface area contributed by atoms with E-state index in [1.54, 1.807) is 0 Å². The van der Waals surface area contributed by atoms with Gasteiger partial charge in [0.15, 0.2) is 0 Å². The quantitative estimate of drug-likeness (QED) is 0.789. The Balaban J connectivity index is 0.00000225. The van der Waals surface area contributed by atoms with E-state index < -0.39 is 0 Å². The highest BCUT2D eigenvalue weighted by atomic mass is 35.5. The highest BCUT2D eigenvalue weighted by Gasteiger charge is 2.39. The summed E-state index contributed by atoms with van der Waals surface area (Å²) in [5.41, 5.74) is 2.18. The highest BCUT2D eigenvalue weighted by molar-refractivity contribution is 6.01. The van der Waals surface area contributed by atoms with Crippen LogP contribution >= 0.6 is 12.4 Å². The second-order valence-electron chi connectivity index (χ2n) is 8.59. The van der Waals surface area contributed by atoms with E-state index in [4.69, 9.17) is 0 Å². The normalized spacial score (nSPS) is 30.1. The fourth-order valence-corrected chi connectivity index (χ4v) is 4.98. The van der Waals surface area contributed by atoms with Crippen LogP contribution in [0.2, 0.25) is 0 Å². The molecule has 0 radical (unpaired) electrons. The lowest BCUT2D eigenvalue weighted by Crippen LogP contribution is -2.49. The number of hydrogen-bond acceptors (Lipinski definition) is 3. The molecule has 4 rings (SSSR count). The van der Waals surface area contributed by atoms with E-state index in [-0.39, 0.29) is 36.2 Å². The fraction of sp³-hybridized carbons (Fsp3) is 0.636. The molecule has 5 nitrogen and oxygen atoms in total. The first-order valence-electron chi connectivity index (χ1n) is 10.5. The van der Waals surface area contributed by atoms with Crippen molar-refractivity contribution in [2.24, 2.45) is 5.92 Å². The van der Waals surface area contributed by atoms with Gasteiger partial charge in [-0.25, -0.2) is 0 Å². The zero-order chi connectivity index (χ0) is 19.0. The molecule has 3 fully saturated rings. The Hall–Kier alpha value is -1.59. The van der Waals surface area contributed by atoms with Gasteiger partial charge in [0.2, 0.25) is 11.8 Å². The third-order valence-corrected chi connectivity index (χ3v) is 6.69. The van der Waals surface area contributed by atoms with E-state index in [0.29, 0.717) is 31.0 Å². The van der Waals surface area contributed by atoms with Crippen molar-refractivity contribution in [1.82, 2.24) is 10.6 Å². The summed E-state index contributed by atoms with van der Waals surface area (Å²) in [7, 11) is 0. The third-order valence-electron chi connectivity index (χ3n) is 6.69. The average molecular weight is 406 g/mol. The Morgan fingerprint density at radius 2 is 1.93 bits per heavy atom. The maximum atomic E-state index is 12.8. The second-order valence-corrected chi connectivity index (χ2v) is 8.59. The number of halogens is 1. The molecule has 4 atom stereocenters. The average Bonchev–Trinajstić information content (AvgIpc) is 3.23. The monoisotopic (exact) mass is 405 g/mol. The summed E-state index contributed by atoms with van der Waals surface area (Å²) in [6.45, 7) is 4.85. The van der Waals surface area contributed by atoms with Crippen molar-refractivity contribution in [3.8, 4) is 0 Å². The highest BCUT2D eigenvalue weighted by Crippen LogP contribution is 2.34. The summed E-state index contributed by atoms with van der Waals surface area (Å²) < 4.78 is 0. The van der Waals surface area contributed by atoms with Gasteiger partial charge in [-0.1, -0.05) is 32.0 Å². The van der Waals surface area contributed by atoms with E-state index in [9.17, 15) is 9.59 Å². The van der Waals surface area contributed by atoms with E-state index >= 15 is 0 Å². The molecule has 0 spiro atoms. The Kier molecular flexibility index (Phi) is 6.66. The minimum atomic E-state index is -0.241. The Morgan fingerprint density at radius 3 is 2.61 bits per heavy atom. The Labute approximate surface area is 174 Å². The summed E-state index contributed by atoms with van der Waals surface area (Å²) in [5, 5.41) is 6.85. The largest absolute Gasteiger partial charge is 0.353 e. The van der Waals surface area contributed by atoms with Crippen LogP contribution in [0.4, 0.5) is 5.69 Å². The van der Waals surface area contributed by atoms with Crippen LogP contribution in [0.25, 0.3) is 0 Å². The van der Waals surface area contributed by atoms with Gasteiger partial charge in [0.05, 0.1) is 5.92 Å². The van der Waals surface area contributed by atoms with Crippen molar-refractivity contribution < 1.29 is 9.59 Å². The zero-order valence-electron chi connectivity index (χ0n) is 16.8.